The molecule has 0 spiro atoms. The van der Waals surface area contributed by atoms with E-state index in [-0.39, 0.29) is 28.6 Å². The Bertz CT molecular complexity index is 881. The van der Waals surface area contributed by atoms with Crippen LogP contribution in [0.15, 0.2) is 47.4 Å². The lowest BCUT2D eigenvalue weighted by atomic mass is 10.1. The number of rotatable bonds is 9. The van der Waals surface area contributed by atoms with E-state index in [1.165, 1.54) is 30.9 Å². The van der Waals surface area contributed by atoms with Gasteiger partial charge < -0.3 is 9.47 Å². The topological polar surface area (TPSA) is 81.7 Å². The second-order valence-corrected chi connectivity index (χ2v) is 7.95. The summed E-state index contributed by atoms with van der Waals surface area (Å²) in [5.74, 6) is -0.0274. The molecule has 0 aliphatic rings. The van der Waals surface area contributed by atoms with Gasteiger partial charge in [-0.25, -0.2) is 17.9 Å². The molecule has 0 amide bonds. The number of methoxy groups -OCH3 is 1. The molecular formula is C19H22ClNO5S. The number of sulfonamides is 1. The summed E-state index contributed by atoms with van der Waals surface area (Å²) in [5, 5.41) is 0.121. The van der Waals surface area contributed by atoms with Crippen molar-refractivity contribution >= 4 is 27.6 Å². The van der Waals surface area contributed by atoms with Crippen LogP contribution in [-0.4, -0.2) is 34.6 Å². The summed E-state index contributed by atoms with van der Waals surface area (Å²) in [5.41, 5.74) is 1.22. The van der Waals surface area contributed by atoms with E-state index >= 15 is 0 Å². The van der Waals surface area contributed by atoms with Crippen LogP contribution in [0.4, 0.5) is 0 Å². The first-order valence-corrected chi connectivity index (χ1v) is 10.3. The SMILES string of the molecule is CCCc1ccc(OCCNS(=O)(=O)c2ccc(Cl)c(C(=O)OC)c2)cc1. The van der Waals surface area contributed by atoms with Crippen LogP contribution in [0.1, 0.15) is 29.3 Å². The van der Waals surface area contributed by atoms with Crippen LogP contribution in [0.2, 0.25) is 5.02 Å². The van der Waals surface area contributed by atoms with Crippen LogP contribution in [-0.2, 0) is 21.2 Å². The van der Waals surface area contributed by atoms with Crippen LogP contribution in [0.5, 0.6) is 5.75 Å². The number of hydrogen-bond donors (Lipinski definition) is 1. The van der Waals surface area contributed by atoms with Gasteiger partial charge in [0.05, 0.1) is 22.6 Å². The standard InChI is InChI=1S/C19H22ClNO5S/c1-3-4-14-5-7-15(8-6-14)26-12-11-21-27(23,24)16-9-10-18(20)17(13-16)19(22)25-2/h5-10,13,21H,3-4,11-12H2,1-2H3. The van der Waals surface area contributed by atoms with E-state index in [2.05, 4.69) is 16.4 Å². The maximum Gasteiger partial charge on any atom is 0.339 e. The summed E-state index contributed by atoms with van der Waals surface area (Å²) in [6, 6.07) is 11.6. The number of carbonyl (C=O) groups excluding carboxylic acids is 1. The van der Waals surface area contributed by atoms with E-state index in [0.29, 0.717) is 5.75 Å². The number of hydrogen-bond acceptors (Lipinski definition) is 5. The molecule has 2 aromatic carbocycles. The molecule has 0 aliphatic heterocycles. The number of carbonyl (C=O) groups is 1. The number of halogens is 1. The van der Waals surface area contributed by atoms with Crippen LogP contribution in [0.3, 0.4) is 0 Å². The van der Waals surface area contributed by atoms with Gasteiger partial charge in [-0.2, -0.15) is 0 Å². The van der Waals surface area contributed by atoms with E-state index < -0.39 is 16.0 Å². The molecule has 0 bridgehead atoms. The minimum absolute atomic E-state index is 0.00883. The Morgan fingerprint density at radius 1 is 1.15 bits per heavy atom. The second-order valence-electron chi connectivity index (χ2n) is 5.77. The molecule has 27 heavy (non-hydrogen) atoms. The van der Waals surface area contributed by atoms with Crippen molar-refractivity contribution < 1.29 is 22.7 Å². The third kappa shape index (κ3) is 5.95. The highest BCUT2D eigenvalue weighted by molar-refractivity contribution is 7.89. The Labute approximate surface area is 164 Å². The summed E-state index contributed by atoms with van der Waals surface area (Å²) < 4.78 is 37.3. The van der Waals surface area contributed by atoms with Gasteiger partial charge in [-0.1, -0.05) is 37.1 Å². The molecule has 0 saturated carbocycles. The van der Waals surface area contributed by atoms with Gasteiger partial charge in [-0.15, -0.1) is 0 Å². The van der Waals surface area contributed by atoms with Gasteiger partial charge in [0.25, 0.3) is 0 Å². The molecule has 2 aromatic rings. The molecule has 146 valence electrons. The molecule has 0 heterocycles. The smallest absolute Gasteiger partial charge is 0.339 e. The first kappa shape index (κ1) is 21.2. The van der Waals surface area contributed by atoms with Gasteiger partial charge in [0.2, 0.25) is 10.0 Å². The Hall–Kier alpha value is -2.09. The predicted octanol–water partition coefficient (Wildman–Crippen LogP) is 3.44. The quantitative estimate of drug-likeness (QED) is 0.505. The van der Waals surface area contributed by atoms with E-state index in [4.69, 9.17) is 16.3 Å². The van der Waals surface area contributed by atoms with Crippen molar-refractivity contribution in [1.82, 2.24) is 4.72 Å². The Kier molecular flexibility index (Phi) is 7.65. The molecule has 1 N–H and O–H groups in total. The summed E-state index contributed by atoms with van der Waals surface area (Å²) in [4.78, 5) is 11.6. The average molecular weight is 412 g/mol. The lowest BCUT2D eigenvalue weighted by molar-refractivity contribution is 0.0600. The number of esters is 1. The lowest BCUT2D eigenvalue weighted by Gasteiger charge is -2.10. The molecule has 0 aromatic heterocycles. The fourth-order valence-corrected chi connectivity index (χ4v) is 3.64. The molecule has 0 aliphatic carbocycles. The van der Waals surface area contributed by atoms with E-state index in [0.717, 1.165) is 12.8 Å². The van der Waals surface area contributed by atoms with E-state index in [9.17, 15) is 13.2 Å². The zero-order valence-corrected chi connectivity index (χ0v) is 16.8. The highest BCUT2D eigenvalue weighted by atomic mass is 35.5. The highest BCUT2D eigenvalue weighted by Crippen LogP contribution is 2.21. The molecule has 6 nitrogen and oxygen atoms in total. The summed E-state index contributed by atoms with van der Waals surface area (Å²) >= 11 is 5.91. The fourth-order valence-electron chi connectivity index (χ4n) is 2.41. The Morgan fingerprint density at radius 2 is 1.85 bits per heavy atom. The molecular weight excluding hydrogens is 390 g/mol. The minimum atomic E-state index is -3.81. The first-order chi connectivity index (χ1) is 12.9. The van der Waals surface area contributed by atoms with E-state index in [1.54, 1.807) is 0 Å². The molecule has 0 radical (unpaired) electrons. The van der Waals surface area contributed by atoms with Crippen LogP contribution in [0, 0.1) is 0 Å². The fraction of sp³-hybridized carbons (Fsp3) is 0.316. The van der Waals surface area contributed by atoms with Gasteiger partial charge in [-0.05, 0) is 42.3 Å². The van der Waals surface area contributed by atoms with Crippen molar-refractivity contribution in [3.63, 3.8) is 0 Å². The first-order valence-electron chi connectivity index (χ1n) is 8.46. The van der Waals surface area contributed by atoms with Crippen molar-refractivity contribution in [1.29, 1.82) is 0 Å². The third-order valence-electron chi connectivity index (χ3n) is 3.78. The molecule has 8 heteroatoms. The van der Waals surface area contributed by atoms with Crippen molar-refractivity contribution in [3.05, 3.63) is 58.6 Å². The number of aryl methyl sites for hydroxylation is 1. The lowest BCUT2D eigenvalue weighted by Crippen LogP contribution is -2.28. The van der Waals surface area contributed by atoms with Crippen LogP contribution >= 0.6 is 11.6 Å². The monoisotopic (exact) mass is 411 g/mol. The van der Waals surface area contributed by atoms with Gasteiger partial charge in [0.15, 0.2) is 0 Å². The minimum Gasteiger partial charge on any atom is -0.492 e. The largest absolute Gasteiger partial charge is 0.492 e. The predicted molar refractivity (Wildman–Crippen MR) is 104 cm³/mol. The Morgan fingerprint density at radius 3 is 2.48 bits per heavy atom. The molecule has 0 fully saturated rings. The number of ether oxygens (including phenoxy) is 2. The number of benzene rings is 2. The van der Waals surface area contributed by atoms with Gasteiger partial charge in [-0.3, -0.25) is 0 Å². The normalized spacial score (nSPS) is 11.2. The summed E-state index contributed by atoms with van der Waals surface area (Å²) in [7, 11) is -2.61. The van der Waals surface area contributed by atoms with Crippen molar-refractivity contribution in [2.24, 2.45) is 0 Å². The molecule has 2 rings (SSSR count). The van der Waals surface area contributed by atoms with E-state index in [1.807, 2.05) is 24.3 Å². The van der Waals surface area contributed by atoms with Gasteiger partial charge >= 0.3 is 5.97 Å². The molecule has 0 unspecified atom stereocenters. The summed E-state index contributed by atoms with van der Waals surface area (Å²) in [6.45, 7) is 2.37. The third-order valence-corrected chi connectivity index (χ3v) is 5.57. The molecule has 0 saturated heterocycles. The van der Waals surface area contributed by atoms with Gasteiger partial charge in [0, 0.05) is 6.54 Å². The zero-order chi connectivity index (χ0) is 19.9. The zero-order valence-electron chi connectivity index (χ0n) is 15.2. The van der Waals surface area contributed by atoms with Crippen molar-refractivity contribution in [2.75, 3.05) is 20.3 Å². The Balaban J connectivity index is 1.94. The van der Waals surface area contributed by atoms with Crippen LogP contribution < -0.4 is 9.46 Å². The number of nitrogens with one attached hydrogen (secondary N) is 1. The average Bonchev–Trinajstić information content (AvgIpc) is 2.66. The van der Waals surface area contributed by atoms with Gasteiger partial charge in [0.1, 0.15) is 12.4 Å². The van der Waals surface area contributed by atoms with Crippen molar-refractivity contribution in [2.45, 2.75) is 24.7 Å². The van der Waals surface area contributed by atoms with Crippen molar-refractivity contribution in [3.8, 4) is 5.75 Å². The second kappa shape index (κ2) is 9.73. The van der Waals surface area contributed by atoms with Crippen LogP contribution in [0.25, 0.3) is 0 Å². The maximum absolute atomic E-state index is 12.4. The highest BCUT2D eigenvalue weighted by Gasteiger charge is 2.18. The summed E-state index contributed by atoms with van der Waals surface area (Å²) in [6.07, 6.45) is 2.08. The maximum atomic E-state index is 12.4. The molecule has 0 atom stereocenters.